The highest BCUT2D eigenvalue weighted by atomic mass is 35.5. The Kier molecular flexibility index (Phi) is 8.79. The first kappa shape index (κ1) is 20.5. The molecule has 2 N–H and O–H groups in total. The number of carbonyl (C=O) groups excluding carboxylic acids is 2. The summed E-state index contributed by atoms with van der Waals surface area (Å²) in [5.74, 6) is 0.112. The highest BCUT2D eigenvalue weighted by molar-refractivity contribution is 5.85. The minimum atomic E-state index is -0.0888. The summed E-state index contributed by atoms with van der Waals surface area (Å²) < 4.78 is 0. The van der Waals surface area contributed by atoms with E-state index in [1.54, 1.807) is 11.8 Å². The predicted octanol–water partition coefficient (Wildman–Crippen LogP) is 2.04. The molecule has 0 aliphatic carbocycles. The Hall–Kier alpha value is -1.59. The molecule has 6 heteroatoms. The van der Waals surface area contributed by atoms with Crippen molar-refractivity contribution in [2.45, 2.75) is 32.7 Å². The van der Waals surface area contributed by atoms with Gasteiger partial charge in [-0.15, -0.1) is 12.4 Å². The monoisotopic (exact) mass is 353 g/mol. The van der Waals surface area contributed by atoms with Gasteiger partial charge in [-0.05, 0) is 31.4 Å². The van der Waals surface area contributed by atoms with E-state index in [0.29, 0.717) is 26.2 Å². The van der Waals surface area contributed by atoms with Crippen molar-refractivity contribution in [1.82, 2.24) is 9.80 Å². The molecular formula is C18H28ClN3O2. The molecule has 24 heavy (non-hydrogen) atoms. The van der Waals surface area contributed by atoms with Crippen LogP contribution in [0.15, 0.2) is 30.3 Å². The fraction of sp³-hybridized carbons (Fsp3) is 0.556. The van der Waals surface area contributed by atoms with E-state index in [0.717, 1.165) is 31.4 Å². The summed E-state index contributed by atoms with van der Waals surface area (Å²) >= 11 is 0. The largest absolute Gasteiger partial charge is 0.342 e. The number of hydrogen-bond donors (Lipinski definition) is 1. The van der Waals surface area contributed by atoms with Crippen LogP contribution in [0.5, 0.6) is 0 Å². The maximum absolute atomic E-state index is 12.9. The first-order valence-electron chi connectivity index (χ1n) is 8.40. The lowest BCUT2D eigenvalue weighted by Gasteiger charge is -2.34. The van der Waals surface area contributed by atoms with Gasteiger partial charge in [-0.2, -0.15) is 0 Å². The summed E-state index contributed by atoms with van der Waals surface area (Å²) in [6.45, 7) is 4.73. The molecular weight excluding hydrogens is 326 g/mol. The van der Waals surface area contributed by atoms with Gasteiger partial charge in [-0.25, -0.2) is 0 Å². The Morgan fingerprint density at radius 3 is 2.62 bits per heavy atom. The molecule has 0 radical (unpaired) electrons. The van der Waals surface area contributed by atoms with E-state index in [2.05, 4.69) is 0 Å². The van der Waals surface area contributed by atoms with E-state index in [-0.39, 0.29) is 30.1 Å². The van der Waals surface area contributed by atoms with Crippen LogP contribution in [0.1, 0.15) is 31.7 Å². The Labute approximate surface area is 150 Å². The second-order valence-corrected chi connectivity index (χ2v) is 6.19. The number of hydrogen-bond acceptors (Lipinski definition) is 3. The van der Waals surface area contributed by atoms with Gasteiger partial charge in [0.1, 0.15) is 0 Å². The maximum Gasteiger partial charge on any atom is 0.227 e. The summed E-state index contributed by atoms with van der Waals surface area (Å²) in [5.41, 5.74) is 6.74. The van der Waals surface area contributed by atoms with Gasteiger partial charge in [-0.1, -0.05) is 30.3 Å². The van der Waals surface area contributed by atoms with E-state index in [4.69, 9.17) is 5.73 Å². The molecule has 1 fully saturated rings. The highest BCUT2D eigenvalue weighted by Crippen LogP contribution is 2.20. The molecule has 0 spiro atoms. The maximum atomic E-state index is 12.9. The minimum absolute atomic E-state index is 0. The zero-order valence-electron chi connectivity index (χ0n) is 14.3. The number of likely N-dealkylation sites (tertiary alicyclic amines) is 1. The molecule has 2 amide bonds. The quantitative estimate of drug-likeness (QED) is 0.851. The first-order chi connectivity index (χ1) is 11.1. The molecule has 0 bridgehead atoms. The summed E-state index contributed by atoms with van der Waals surface area (Å²) in [6, 6.07) is 10.0. The molecule has 0 aromatic heterocycles. The van der Waals surface area contributed by atoms with Crippen LogP contribution in [-0.2, 0) is 16.1 Å². The van der Waals surface area contributed by atoms with Crippen molar-refractivity contribution in [2.75, 3.05) is 26.2 Å². The van der Waals surface area contributed by atoms with Gasteiger partial charge in [0, 0.05) is 33.1 Å². The van der Waals surface area contributed by atoms with E-state index >= 15 is 0 Å². The van der Waals surface area contributed by atoms with Gasteiger partial charge in [0.2, 0.25) is 11.8 Å². The number of nitrogens with zero attached hydrogens (tertiary/aromatic N) is 2. The lowest BCUT2D eigenvalue weighted by atomic mass is 9.96. The molecule has 1 unspecified atom stereocenters. The lowest BCUT2D eigenvalue weighted by molar-refractivity contribution is -0.140. The average Bonchev–Trinajstić information content (AvgIpc) is 2.59. The Morgan fingerprint density at radius 2 is 2.00 bits per heavy atom. The molecule has 2 rings (SSSR count). The molecule has 1 heterocycles. The van der Waals surface area contributed by atoms with Crippen molar-refractivity contribution in [1.29, 1.82) is 0 Å². The number of halogens is 1. The van der Waals surface area contributed by atoms with E-state index < -0.39 is 0 Å². The van der Waals surface area contributed by atoms with Crippen LogP contribution in [-0.4, -0.2) is 47.8 Å². The number of carbonyl (C=O) groups is 2. The number of piperidine rings is 1. The van der Waals surface area contributed by atoms with Crippen molar-refractivity contribution in [3.63, 3.8) is 0 Å². The second kappa shape index (κ2) is 10.3. The first-order valence-corrected chi connectivity index (χ1v) is 8.40. The number of nitrogens with two attached hydrogens (primary N) is 1. The normalized spacial score (nSPS) is 17.1. The standard InChI is InChI=1S/C18H27N3O2.ClH/c1-15(22)20-11-5-9-17(14-20)18(23)21(12-6-10-19)13-16-7-3-2-4-8-16;/h2-4,7-8,17H,5-6,9-14,19H2,1H3;1H. The SMILES string of the molecule is CC(=O)N1CCCC(C(=O)N(CCCN)Cc2ccccc2)C1.Cl. The average molecular weight is 354 g/mol. The zero-order chi connectivity index (χ0) is 16.7. The zero-order valence-corrected chi connectivity index (χ0v) is 15.1. The number of amides is 2. The second-order valence-electron chi connectivity index (χ2n) is 6.19. The Bertz CT molecular complexity index is 524. The molecule has 1 saturated heterocycles. The predicted molar refractivity (Wildman–Crippen MR) is 97.8 cm³/mol. The van der Waals surface area contributed by atoms with Crippen molar-refractivity contribution in [3.05, 3.63) is 35.9 Å². The van der Waals surface area contributed by atoms with Crippen LogP contribution in [0, 0.1) is 5.92 Å². The Morgan fingerprint density at radius 1 is 1.29 bits per heavy atom. The summed E-state index contributed by atoms with van der Waals surface area (Å²) in [7, 11) is 0. The van der Waals surface area contributed by atoms with Crippen molar-refractivity contribution < 1.29 is 9.59 Å². The summed E-state index contributed by atoms with van der Waals surface area (Å²) in [6.07, 6.45) is 2.55. The van der Waals surface area contributed by atoms with Crippen LogP contribution >= 0.6 is 12.4 Å². The van der Waals surface area contributed by atoms with Crippen LogP contribution in [0.2, 0.25) is 0 Å². The van der Waals surface area contributed by atoms with Crippen LogP contribution in [0.4, 0.5) is 0 Å². The summed E-state index contributed by atoms with van der Waals surface area (Å²) in [4.78, 5) is 28.2. The smallest absolute Gasteiger partial charge is 0.227 e. The van der Waals surface area contributed by atoms with Gasteiger partial charge >= 0.3 is 0 Å². The lowest BCUT2D eigenvalue weighted by Crippen LogP contribution is -2.46. The van der Waals surface area contributed by atoms with Gasteiger partial charge in [0.15, 0.2) is 0 Å². The third-order valence-corrected chi connectivity index (χ3v) is 4.38. The van der Waals surface area contributed by atoms with E-state index in [9.17, 15) is 9.59 Å². The molecule has 134 valence electrons. The van der Waals surface area contributed by atoms with Crippen molar-refractivity contribution >= 4 is 24.2 Å². The number of rotatable bonds is 6. The third-order valence-electron chi connectivity index (χ3n) is 4.38. The van der Waals surface area contributed by atoms with Crippen LogP contribution in [0.25, 0.3) is 0 Å². The third kappa shape index (κ3) is 5.80. The van der Waals surface area contributed by atoms with Gasteiger partial charge in [0.05, 0.1) is 5.92 Å². The number of benzene rings is 1. The van der Waals surface area contributed by atoms with Gasteiger partial charge in [0.25, 0.3) is 0 Å². The molecule has 0 saturated carbocycles. The molecule has 1 aliphatic heterocycles. The van der Waals surface area contributed by atoms with Crippen LogP contribution < -0.4 is 5.73 Å². The highest BCUT2D eigenvalue weighted by Gasteiger charge is 2.30. The molecule has 1 aromatic rings. The van der Waals surface area contributed by atoms with Crippen molar-refractivity contribution in [2.24, 2.45) is 11.7 Å². The van der Waals surface area contributed by atoms with E-state index in [1.165, 1.54) is 0 Å². The fourth-order valence-corrected chi connectivity index (χ4v) is 3.08. The van der Waals surface area contributed by atoms with Gasteiger partial charge < -0.3 is 15.5 Å². The Balaban J connectivity index is 0.00000288. The fourth-order valence-electron chi connectivity index (χ4n) is 3.08. The minimum Gasteiger partial charge on any atom is -0.342 e. The molecule has 1 atom stereocenters. The van der Waals surface area contributed by atoms with Crippen LogP contribution in [0.3, 0.4) is 0 Å². The topological polar surface area (TPSA) is 66.6 Å². The molecule has 5 nitrogen and oxygen atoms in total. The van der Waals surface area contributed by atoms with E-state index in [1.807, 2.05) is 35.2 Å². The summed E-state index contributed by atoms with van der Waals surface area (Å²) in [5, 5.41) is 0. The van der Waals surface area contributed by atoms with Crippen molar-refractivity contribution in [3.8, 4) is 0 Å². The van der Waals surface area contributed by atoms with Gasteiger partial charge in [-0.3, -0.25) is 9.59 Å². The molecule has 1 aromatic carbocycles. The molecule has 1 aliphatic rings.